The summed E-state index contributed by atoms with van der Waals surface area (Å²) in [5.41, 5.74) is 0. The van der Waals surface area contributed by atoms with Crippen molar-refractivity contribution in [1.82, 2.24) is 19.7 Å². The lowest BCUT2D eigenvalue weighted by Crippen LogP contribution is -2.44. The molecule has 7 nitrogen and oxygen atoms in total. The molecule has 110 valence electrons. The summed E-state index contributed by atoms with van der Waals surface area (Å²) in [4.78, 5) is 18.1. The molecule has 2 aliphatic heterocycles. The molecule has 0 aromatic carbocycles. The Balaban J connectivity index is 1.66. The Hall–Kier alpha value is -1.44. The number of hydrogen-bond donors (Lipinski definition) is 0. The summed E-state index contributed by atoms with van der Waals surface area (Å²) in [6.07, 6.45) is 5.50. The number of amides is 1. The zero-order chi connectivity index (χ0) is 14.2. The van der Waals surface area contributed by atoms with E-state index in [2.05, 4.69) is 10.1 Å². The van der Waals surface area contributed by atoms with Gasteiger partial charge in [0.25, 0.3) is 0 Å². The molecule has 2 saturated heterocycles. The van der Waals surface area contributed by atoms with Gasteiger partial charge in [-0.2, -0.15) is 5.10 Å². The minimum atomic E-state index is -3.01. The van der Waals surface area contributed by atoms with Gasteiger partial charge >= 0.3 is 0 Å². The van der Waals surface area contributed by atoms with Gasteiger partial charge in [-0.3, -0.25) is 4.79 Å². The van der Waals surface area contributed by atoms with Crippen LogP contribution in [0.4, 0.5) is 0 Å². The van der Waals surface area contributed by atoms with E-state index in [-0.39, 0.29) is 29.4 Å². The third kappa shape index (κ3) is 2.70. The van der Waals surface area contributed by atoms with Crippen LogP contribution >= 0.6 is 0 Å². The van der Waals surface area contributed by atoms with Crippen molar-refractivity contribution in [2.75, 3.05) is 24.6 Å². The highest BCUT2D eigenvalue weighted by molar-refractivity contribution is 7.91. The van der Waals surface area contributed by atoms with E-state index in [0.29, 0.717) is 19.5 Å². The van der Waals surface area contributed by atoms with E-state index < -0.39 is 9.84 Å². The average Bonchev–Trinajstić information content (AvgIpc) is 3.07. The summed E-state index contributed by atoms with van der Waals surface area (Å²) in [6, 6.07) is 0.146. The van der Waals surface area contributed by atoms with E-state index in [1.807, 2.05) is 0 Å². The third-order valence-corrected chi connectivity index (χ3v) is 5.87. The lowest BCUT2D eigenvalue weighted by Gasteiger charge is -2.34. The summed E-state index contributed by atoms with van der Waals surface area (Å²) >= 11 is 0. The maximum Gasteiger partial charge on any atom is 0.226 e. The average molecular weight is 298 g/mol. The largest absolute Gasteiger partial charge is 0.340 e. The first-order valence-corrected chi connectivity index (χ1v) is 8.70. The molecule has 0 unspecified atom stereocenters. The third-order valence-electron chi connectivity index (χ3n) is 4.10. The summed E-state index contributed by atoms with van der Waals surface area (Å²) in [6.45, 7) is 1.30. The first-order chi connectivity index (χ1) is 9.55. The second-order valence-corrected chi connectivity index (χ2v) is 7.78. The Morgan fingerprint density at radius 2 is 2.15 bits per heavy atom. The smallest absolute Gasteiger partial charge is 0.226 e. The molecule has 1 aromatic rings. The minimum Gasteiger partial charge on any atom is -0.340 e. The molecule has 20 heavy (non-hydrogen) atoms. The molecule has 0 spiro atoms. The van der Waals surface area contributed by atoms with Crippen molar-refractivity contribution < 1.29 is 13.2 Å². The van der Waals surface area contributed by atoms with Crippen molar-refractivity contribution in [2.24, 2.45) is 5.92 Å². The number of hydrogen-bond acceptors (Lipinski definition) is 5. The number of rotatable bonds is 2. The quantitative estimate of drug-likeness (QED) is 0.759. The lowest BCUT2D eigenvalue weighted by molar-refractivity contribution is -0.136. The van der Waals surface area contributed by atoms with Gasteiger partial charge in [0.05, 0.1) is 23.5 Å². The predicted molar refractivity (Wildman–Crippen MR) is 71.6 cm³/mol. The zero-order valence-electron chi connectivity index (χ0n) is 11.2. The topological polar surface area (TPSA) is 85.2 Å². The van der Waals surface area contributed by atoms with Gasteiger partial charge in [-0.05, 0) is 19.3 Å². The molecule has 3 rings (SSSR count). The van der Waals surface area contributed by atoms with Gasteiger partial charge in [0.2, 0.25) is 5.91 Å². The maximum atomic E-state index is 12.4. The zero-order valence-corrected chi connectivity index (χ0v) is 12.0. The minimum absolute atomic E-state index is 0.0102. The molecule has 2 aliphatic rings. The molecule has 0 bridgehead atoms. The van der Waals surface area contributed by atoms with E-state index in [9.17, 15) is 13.2 Å². The monoisotopic (exact) mass is 298 g/mol. The van der Waals surface area contributed by atoms with Crippen LogP contribution < -0.4 is 0 Å². The summed E-state index contributed by atoms with van der Waals surface area (Å²) in [5, 5.41) is 4.13. The molecule has 0 radical (unpaired) electrons. The molecule has 1 aromatic heterocycles. The molecule has 3 heterocycles. The molecular formula is C12H18N4O3S. The number of sulfone groups is 1. The van der Waals surface area contributed by atoms with Crippen LogP contribution in [0, 0.1) is 5.92 Å². The highest BCUT2D eigenvalue weighted by atomic mass is 32.2. The fraction of sp³-hybridized carbons (Fsp3) is 0.750. The van der Waals surface area contributed by atoms with Gasteiger partial charge in [-0.25, -0.2) is 18.1 Å². The summed E-state index contributed by atoms with van der Waals surface area (Å²) in [7, 11) is -3.01. The van der Waals surface area contributed by atoms with Crippen molar-refractivity contribution >= 4 is 15.7 Å². The first-order valence-electron chi connectivity index (χ1n) is 6.88. The van der Waals surface area contributed by atoms with E-state index >= 15 is 0 Å². The molecule has 0 N–H and O–H groups in total. The van der Waals surface area contributed by atoms with Gasteiger partial charge in [-0.1, -0.05) is 0 Å². The number of aromatic nitrogens is 3. The molecule has 8 heteroatoms. The van der Waals surface area contributed by atoms with Crippen LogP contribution in [0.25, 0.3) is 0 Å². The SMILES string of the molecule is O=C([C@H]1CCS(=O)(=O)C1)N1CCC[C@@H](n2cncn2)C1. The Morgan fingerprint density at radius 1 is 1.30 bits per heavy atom. The molecule has 0 saturated carbocycles. The van der Waals surface area contributed by atoms with Gasteiger partial charge in [0.1, 0.15) is 12.7 Å². The van der Waals surface area contributed by atoms with Crippen molar-refractivity contribution in [3.8, 4) is 0 Å². The molecule has 0 aliphatic carbocycles. The maximum absolute atomic E-state index is 12.4. The number of nitrogens with zero attached hydrogens (tertiary/aromatic N) is 4. The molecule has 1 amide bonds. The van der Waals surface area contributed by atoms with Crippen LogP contribution in [-0.4, -0.2) is 58.6 Å². The standard InChI is InChI=1S/C12H18N4O3S/c17-12(10-3-5-20(18,19)7-10)15-4-1-2-11(6-15)16-9-13-8-14-16/h8-11H,1-7H2/t10-,11+/m0/s1. The summed E-state index contributed by atoms with van der Waals surface area (Å²) < 4.78 is 24.8. The van der Waals surface area contributed by atoms with Crippen LogP contribution in [-0.2, 0) is 14.6 Å². The fourth-order valence-electron chi connectivity index (χ4n) is 3.02. The number of carbonyl (C=O) groups excluding carboxylic acids is 1. The summed E-state index contributed by atoms with van der Waals surface area (Å²) in [5.74, 6) is -0.217. The Kier molecular flexibility index (Phi) is 3.49. The first kappa shape index (κ1) is 13.5. The Morgan fingerprint density at radius 3 is 2.80 bits per heavy atom. The Bertz CT molecular complexity index is 584. The van der Waals surface area contributed by atoms with Gasteiger partial charge in [0, 0.05) is 13.1 Å². The molecular weight excluding hydrogens is 280 g/mol. The lowest BCUT2D eigenvalue weighted by atomic mass is 10.0. The molecule has 2 fully saturated rings. The highest BCUT2D eigenvalue weighted by Gasteiger charge is 2.37. The van der Waals surface area contributed by atoms with Crippen molar-refractivity contribution in [3.63, 3.8) is 0 Å². The normalized spacial score (nSPS) is 29.5. The van der Waals surface area contributed by atoms with Crippen molar-refractivity contribution in [1.29, 1.82) is 0 Å². The van der Waals surface area contributed by atoms with Crippen LogP contribution in [0.1, 0.15) is 25.3 Å². The van der Waals surface area contributed by atoms with Crippen LogP contribution in [0.3, 0.4) is 0 Å². The van der Waals surface area contributed by atoms with Gasteiger partial charge < -0.3 is 4.90 Å². The van der Waals surface area contributed by atoms with Crippen LogP contribution in [0.15, 0.2) is 12.7 Å². The van der Waals surface area contributed by atoms with Gasteiger partial charge in [-0.15, -0.1) is 0 Å². The Labute approximate surface area is 117 Å². The van der Waals surface area contributed by atoms with Crippen LogP contribution in [0.5, 0.6) is 0 Å². The second-order valence-electron chi connectivity index (χ2n) is 5.56. The van der Waals surface area contributed by atoms with Gasteiger partial charge in [0.15, 0.2) is 9.84 Å². The van der Waals surface area contributed by atoms with E-state index in [0.717, 1.165) is 12.8 Å². The van der Waals surface area contributed by atoms with Crippen molar-refractivity contribution in [3.05, 3.63) is 12.7 Å². The number of piperidine rings is 1. The van der Waals surface area contributed by atoms with Crippen molar-refractivity contribution in [2.45, 2.75) is 25.3 Å². The van der Waals surface area contributed by atoms with E-state index in [1.165, 1.54) is 6.33 Å². The van der Waals surface area contributed by atoms with Crippen LogP contribution in [0.2, 0.25) is 0 Å². The fourth-order valence-corrected chi connectivity index (χ4v) is 4.76. The number of likely N-dealkylation sites (tertiary alicyclic amines) is 1. The second kappa shape index (κ2) is 5.16. The van der Waals surface area contributed by atoms with E-state index in [1.54, 1.807) is 15.9 Å². The predicted octanol–water partition coefficient (Wildman–Crippen LogP) is -0.124. The number of carbonyl (C=O) groups is 1. The van der Waals surface area contributed by atoms with E-state index in [4.69, 9.17) is 0 Å². The highest BCUT2D eigenvalue weighted by Crippen LogP contribution is 2.25. The molecule has 2 atom stereocenters.